The zero-order valence-corrected chi connectivity index (χ0v) is 8.73. The maximum Gasteiger partial charge on any atom is 0.573 e. The third-order valence-corrected chi connectivity index (χ3v) is 1.81. The van der Waals surface area contributed by atoms with E-state index in [0.717, 1.165) is 6.07 Å². The molecule has 0 fully saturated rings. The lowest BCUT2D eigenvalue weighted by Gasteiger charge is -2.11. The second kappa shape index (κ2) is 4.65. The van der Waals surface area contributed by atoms with Crippen molar-refractivity contribution < 1.29 is 22.6 Å². The summed E-state index contributed by atoms with van der Waals surface area (Å²) in [7, 11) is 0. The average molecular weight is 238 g/mol. The molecular weight excluding hydrogens is 229 g/mol. The Morgan fingerprint density at radius 2 is 2.00 bits per heavy atom. The van der Waals surface area contributed by atoms with E-state index in [2.05, 4.69) is 17.4 Å². The predicted molar refractivity (Wildman–Crippen MR) is 51.5 cm³/mol. The molecule has 2 nitrogen and oxygen atoms in total. The molecule has 0 radical (unpaired) electrons. The summed E-state index contributed by atoms with van der Waals surface area (Å²) in [6.07, 6.45) is -4.69. The van der Waals surface area contributed by atoms with Crippen LogP contribution in [0.3, 0.4) is 0 Å². The molecule has 0 amide bonds. The SMILES string of the molecule is CCOc1ccc(OC(F)(F)F)cc1S. The maximum absolute atomic E-state index is 11.8. The maximum atomic E-state index is 11.8. The lowest BCUT2D eigenvalue weighted by Crippen LogP contribution is -2.17. The summed E-state index contributed by atoms with van der Waals surface area (Å²) in [4.78, 5) is 0.304. The Morgan fingerprint density at radius 1 is 1.33 bits per heavy atom. The number of benzene rings is 1. The van der Waals surface area contributed by atoms with E-state index in [-0.39, 0.29) is 5.75 Å². The van der Waals surface area contributed by atoms with E-state index in [1.807, 2.05) is 0 Å². The first-order valence-electron chi connectivity index (χ1n) is 4.14. The van der Waals surface area contributed by atoms with E-state index in [1.165, 1.54) is 12.1 Å². The molecule has 1 aromatic carbocycles. The molecule has 0 aromatic heterocycles. The van der Waals surface area contributed by atoms with Crippen molar-refractivity contribution in [2.45, 2.75) is 18.2 Å². The van der Waals surface area contributed by atoms with Crippen molar-refractivity contribution >= 4 is 12.6 Å². The molecule has 0 aliphatic carbocycles. The first-order valence-corrected chi connectivity index (χ1v) is 4.58. The Hall–Kier alpha value is -1.04. The highest BCUT2D eigenvalue weighted by molar-refractivity contribution is 7.80. The number of ether oxygens (including phenoxy) is 2. The van der Waals surface area contributed by atoms with Gasteiger partial charge in [0.1, 0.15) is 11.5 Å². The summed E-state index contributed by atoms with van der Waals surface area (Å²) in [5.41, 5.74) is 0. The van der Waals surface area contributed by atoms with Crippen LogP contribution in [0.1, 0.15) is 6.92 Å². The largest absolute Gasteiger partial charge is 0.573 e. The fraction of sp³-hybridized carbons (Fsp3) is 0.333. The quantitative estimate of drug-likeness (QED) is 0.815. The second-order valence-electron chi connectivity index (χ2n) is 2.61. The molecule has 0 unspecified atom stereocenters. The summed E-state index contributed by atoms with van der Waals surface area (Å²) in [5.74, 6) is 0.117. The highest BCUT2D eigenvalue weighted by Crippen LogP contribution is 2.30. The number of hydrogen-bond donors (Lipinski definition) is 1. The van der Waals surface area contributed by atoms with Gasteiger partial charge in [0.05, 0.1) is 6.61 Å². The van der Waals surface area contributed by atoms with E-state index in [1.54, 1.807) is 6.92 Å². The van der Waals surface area contributed by atoms with Gasteiger partial charge in [0.2, 0.25) is 0 Å². The third-order valence-electron chi connectivity index (χ3n) is 1.46. The molecule has 84 valence electrons. The molecule has 0 saturated carbocycles. The van der Waals surface area contributed by atoms with Crippen LogP contribution in [-0.2, 0) is 0 Å². The van der Waals surface area contributed by atoms with Gasteiger partial charge >= 0.3 is 6.36 Å². The third kappa shape index (κ3) is 3.91. The summed E-state index contributed by atoms with van der Waals surface area (Å²) in [6, 6.07) is 3.71. The fourth-order valence-corrected chi connectivity index (χ4v) is 1.24. The molecule has 0 aliphatic rings. The number of thiol groups is 1. The summed E-state index contributed by atoms with van der Waals surface area (Å²) >= 11 is 3.98. The van der Waals surface area contributed by atoms with Crippen molar-refractivity contribution in [2.75, 3.05) is 6.61 Å². The molecule has 1 aromatic rings. The Balaban J connectivity index is 2.82. The molecule has 0 heterocycles. The normalized spacial score (nSPS) is 11.3. The van der Waals surface area contributed by atoms with Crippen molar-refractivity contribution in [3.8, 4) is 11.5 Å². The Bertz CT molecular complexity index is 339. The smallest absolute Gasteiger partial charge is 0.493 e. The van der Waals surface area contributed by atoms with Crippen LogP contribution < -0.4 is 9.47 Å². The van der Waals surface area contributed by atoms with Crippen LogP contribution in [0.2, 0.25) is 0 Å². The zero-order valence-electron chi connectivity index (χ0n) is 7.84. The number of hydrogen-bond acceptors (Lipinski definition) is 3. The molecule has 0 bridgehead atoms. The first kappa shape index (κ1) is 12.0. The fourth-order valence-electron chi connectivity index (χ4n) is 0.972. The average Bonchev–Trinajstić information content (AvgIpc) is 2.07. The number of alkyl halides is 3. The van der Waals surface area contributed by atoms with Crippen LogP contribution in [0.15, 0.2) is 23.1 Å². The van der Waals surface area contributed by atoms with E-state index >= 15 is 0 Å². The topological polar surface area (TPSA) is 18.5 Å². The van der Waals surface area contributed by atoms with Gasteiger partial charge in [0.15, 0.2) is 0 Å². The van der Waals surface area contributed by atoms with Gasteiger partial charge in [0, 0.05) is 4.90 Å². The lowest BCUT2D eigenvalue weighted by atomic mass is 10.3. The van der Waals surface area contributed by atoms with Crippen molar-refractivity contribution in [3.63, 3.8) is 0 Å². The molecule has 0 saturated heterocycles. The first-order chi connectivity index (χ1) is 6.92. The highest BCUT2D eigenvalue weighted by atomic mass is 32.1. The Labute approximate surface area is 90.4 Å². The number of rotatable bonds is 3. The summed E-state index contributed by atoms with van der Waals surface area (Å²) in [5, 5.41) is 0. The van der Waals surface area contributed by atoms with Crippen LogP contribution >= 0.6 is 12.6 Å². The zero-order chi connectivity index (χ0) is 11.5. The van der Waals surface area contributed by atoms with E-state index in [4.69, 9.17) is 4.74 Å². The van der Waals surface area contributed by atoms with Crippen molar-refractivity contribution in [2.24, 2.45) is 0 Å². The van der Waals surface area contributed by atoms with Gasteiger partial charge in [-0.1, -0.05) is 0 Å². The van der Waals surface area contributed by atoms with Crippen LogP contribution in [0.25, 0.3) is 0 Å². The molecule has 0 N–H and O–H groups in total. The van der Waals surface area contributed by atoms with Gasteiger partial charge in [-0.25, -0.2) is 0 Å². The Morgan fingerprint density at radius 3 is 2.47 bits per heavy atom. The molecule has 0 spiro atoms. The lowest BCUT2D eigenvalue weighted by molar-refractivity contribution is -0.274. The predicted octanol–water partition coefficient (Wildman–Crippen LogP) is 3.27. The van der Waals surface area contributed by atoms with Gasteiger partial charge in [-0.15, -0.1) is 25.8 Å². The van der Waals surface area contributed by atoms with Crippen LogP contribution in [0.4, 0.5) is 13.2 Å². The van der Waals surface area contributed by atoms with E-state index in [0.29, 0.717) is 17.3 Å². The van der Waals surface area contributed by atoms with Crippen LogP contribution in [0.5, 0.6) is 11.5 Å². The van der Waals surface area contributed by atoms with Gasteiger partial charge in [0.25, 0.3) is 0 Å². The molecule has 15 heavy (non-hydrogen) atoms. The summed E-state index contributed by atoms with van der Waals surface area (Å²) < 4.78 is 44.3. The van der Waals surface area contributed by atoms with E-state index in [9.17, 15) is 13.2 Å². The van der Waals surface area contributed by atoms with Crippen molar-refractivity contribution in [1.82, 2.24) is 0 Å². The standard InChI is InChI=1S/C9H9F3O2S/c1-2-13-7-4-3-6(5-8(7)15)14-9(10,11)12/h3-5,15H,2H2,1H3. The number of halogens is 3. The minimum atomic E-state index is -4.69. The van der Waals surface area contributed by atoms with Crippen molar-refractivity contribution in [3.05, 3.63) is 18.2 Å². The van der Waals surface area contributed by atoms with E-state index < -0.39 is 6.36 Å². The molecule has 1 rings (SSSR count). The molecule has 0 aliphatic heterocycles. The monoisotopic (exact) mass is 238 g/mol. The minimum Gasteiger partial charge on any atom is -0.493 e. The van der Waals surface area contributed by atoms with Crippen molar-refractivity contribution in [1.29, 1.82) is 0 Å². The molecule has 0 atom stereocenters. The summed E-state index contributed by atoms with van der Waals surface area (Å²) in [6.45, 7) is 2.19. The van der Waals surface area contributed by atoms with Crippen LogP contribution in [0, 0.1) is 0 Å². The molecular formula is C9H9F3O2S. The minimum absolute atomic E-state index is 0.304. The van der Waals surface area contributed by atoms with Gasteiger partial charge in [-0.05, 0) is 25.1 Å². The second-order valence-corrected chi connectivity index (χ2v) is 3.09. The Kier molecular flexibility index (Phi) is 3.73. The molecule has 6 heteroatoms. The highest BCUT2D eigenvalue weighted by Gasteiger charge is 2.31. The van der Waals surface area contributed by atoms with Gasteiger partial charge < -0.3 is 9.47 Å². The van der Waals surface area contributed by atoms with Gasteiger partial charge in [-0.3, -0.25) is 0 Å². The van der Waals surface area contributed by atoms with Gasteiger partial charge in [-0.2, -0.15) is 0 Å². The van der Waals surface area contributed by atoms with Crippen LogP contribution in [-0.4, -0.2) is 13.0 Å².